The van der Waals surface area contributed by atoms with E-state index in [1.165, 1.54) is 0 Å². The van der Waals surface area contributed by atoms with Gasteiger partial charge in [-0.1, -0.05) is 12.1 Å². The smallest absolute Gasteiger partial charge is 0.284 e. The van der Waals surface area contributed by atoms with Crippen LogP contribution in [0.15, 0.2) is 36.8 Å². The fraction of sp³-hybridized carbons (Fsp3) is 0.318. The second-order valence-corrected chi connectivity index (χ2v) is 7.53. The van der Waals surface area contributed by atoms with Crippen LogP contribution >= 0.6 is 0 Å². The maximum absolute atomic E-state index is 13.0. The van der Waals surface area contributed by atoms with Crippen molar-refractivity contribution in [1.29, 1.82) is 5.26 Å². The van der Waals surface area contributed by atoms with E-state index in [1.54, 1.807) is 48.3 Å². The number of carbonyl (C=O) groups excluding carboxylic acids is 1. The first-order valence-electron chi connectivity index (χ1n) is 10.3. The molecular weight excluding hydrogens is 426 g/mol. The Bertz CT molecular complexity index is 1200. The molecule has 11 nitrogen and oxygen atoms in total. The van der Waals surface area contributed by atoms with E-state index in [-0.39, 0.29) is 29.2 Å². The number of hydroxylamine groups is 1. The number of nitrogens with one attached hydrogen (secondary N) is 1. The highest BCUT2D eigenvalue weighted by Crippen LogP contribution is 2.28. The van der Waals surface area contributed by atoms with Crippen molar-refractivity contribution in [2.75, 3.05) is 18.9 Å². The minimum absolute atomic E-state index is 0.0182. The van der Waals surface area contributed by atoms with Gasteiger partial charge in [-0.05, 0) is 19.1 Å². The molecule has 3 aromatic rings. The van der Waals surface area contributed by atoms with Crippen molar-refractivity contribution < 1.29 is 19.1 Å². The number of hydrogen-bond donors (Lipinski definition) is 2. The summed E-state index contributed by atoms with van der Waals surface area (Å²) in [5.41, 5.74) is 10.3. The first-order chi connectivity index (χ1) is 16.0. The minimum atomic E-state index is -0.646. The van der Waals surface area contributed by atoms with Crippen molar-refractivity contribution in [2.24, 2.45) is 7.05 Å². The normalized spacial score (nSPS) is 16.2. The van der Waals surface area contributed by atoms with Crippen molar-refractivity contribution in [3.05, 3.63) is 53.6 Å². The number of aromatic nitrogens is 4. The van der Waals surface area contributed by atoms with Gasteiger partial charge in [0.1, 0.15) is 23.6 Å². The van der Waals surface area contributed by atoms with Crippen molar-refractivity contribution in [3.8, 4) is 23.3 Å². The quantitative estimate of drug-likeness (QED) is 0.516. The molecule has 0 saturated carbocycles. The number of nitrogen functional groups attached to an aromatic ring is 1. The van der Waals surface area contributed by atoms with Crippen LogP contribution in [0.2, 0.25) is 0 Å². The molecule has 1 fully saturated rings. The number of benzene rings is 1. The Hall–Kier alpha value is -4.01. The second-order valence-electron chi connectivity index (χ2n) is 7.53. The van der Waals surface area contributed by atoms with Crippen molar-refractivity contribution in [1.82, 2.24) is 25.0 Å². The molecule has 1 aliphatic heterocycles. The molecule has 1 aliphatic rings. The molecule has 1 saturated heterocycles. The van der Waals surface area contributed by atoms with Gasteiger partial charge in [0.15, 0.2) is 5.82 Å². The standard InChI is InChI=1S/C22H23N7O4/c1-13(17-10-25-12-29(17)2)33-28-21(30)18-19(24)26-20(15-5-3-4-14(8-15)9-23)27-22(18)32-16-6-7-31-11-16/h3-5,8,10,12-13,16H,6-7,11H2,1-2H3,(H,28,30)(H2,24,26,27)/t13-,16-/m0/s1. The van der Waals surface area contributed by atoms with Gasteiger partial charge in [0, 0.05) is 19.0 Å². The van der Waals surface area contributed by atoms with E-state index in [0.717, 1.165) is 5.69 Å². The van der Waals surface area contributed by atoms with Gasteiger partial charge in [-0.25, -0.2) is 15.4 Å². The SMILES string of the molecule is C[C@H](ONC(=O)c1c(N)nc(-c2cccc(C#N)c2)nc1O[C@H]1CCOC1)c1cncn1C. The number of hydrogen-bond acceptors (Lipinski definition) is 9. The van der Waals surface area contributed by atoms with Crippen molar-refractivity contribution in [3.63, 3.8) is 0 Å². The summed E-state index contributed by atoms with van der Waals surface area (Å²) < 4.78 is 13.1. The van der Waals surface area contributed by atoms with Crippen molar-refractivity contribution >= 4 is 11.7 Å². The zero-order chi connectivity index (χ0) is 23.4. The van der Waals surface area contributed by atoms with Crippen molar-refractivity contribution in [2.45, 2.75) is 25.6 Å². The van der Waals surface area contributed by atoms with Gasteiger partial charge >= 0.3 is 0 Å². The van der Waals surface area contributed by atoms with Gasteiger partial charge < -0.3 is 19.8 Å². The Kier molecular flexibility index (Phi) is 6.48. The van der Waals surface area contributed by atoms with Gasteiger partial charge in [-0.15, -0.1) is 0 Å². The van der Waals surface area contributed by atoms with E-state index >= 15 is 0 Å². The zero-order valence-corrected chi connectivity index (χ0v) is 18.2. The van der Waals surface area contributed by atoms with Crippen LogP contribution in [0.4, 0.5) is 5.82 Å². The van der Waals surface area contributed by atoms with E-state index < -0.39 is 12.0 Å². The topological polar surface area (TPSA) is 150 Å². The number of amides is 1. The number of imidazole rings is 1. The summed E-state index contributed by atoms with van der Waals surface area (Å²) in [6.07, 6.45) is 3.19. The molecule has 3 heterocycles. The molecule has 2 aromatic heterocycles. The lowest BCUT2D eigenvalue weighted by Gasteiger charge is -2.18. The molecule has 1 aromatic carbocycles. The molecule has 0 radical (unpaired) electrons. The first kappa shape index (κ1) is 22.2. The Morgan fingerprint density at radius 3 is 2.97 bits per heavy atom. The first-order valence-corrected chi connectivity index (χ1v) is 10.3. The summed E-state index contributed by atoms with van der Waals surface area (Å²) in [6, 6.07) is 8.84. The molecule has 33 heavy (non-hydrogen) atoms. The largest absolute Gasteiger partial charge is 0.471 e. The number of nitrogens with two attached hydrogens (primary N) is 1. The summed E-state index contributed by atoms with van der Waals surface area (Å²) in [6.45, 7) is 2.70. The van der Waals surface area contributed by atoms with Crippen LogP contribution in [-0.2, 0) is 16.6 Å². The third kappa shape index (κ3) is 4.92. The summed E-state index contributed by atoms with van der Waals surface area (Å²) >= 11 is 0. The lowest BCUT2D eigenvalue weighted by Crippen LogP contribution is -2.29. The molecule has 0 spiro atoms. The molecule has 3 N–H and O–H groups in total. The van der Waals surface area contributed by atoms with Crippen LogP contribution in [-0.4, -0.2) is 44.7 Å². The van der Waals surface area contributed by atoms with E-state index in [0.29, 0.717) is 30.8 Å². The van der Waals surface area contributed by atoms with E-state index in [9.17, 15) is 10.1 Å². The lowest BCUT2D eigenvalue weighted by molar-refractivity contribution is -0.0120. The molecule has 170 valence electrons. The molecule has 11 heteroatoms. The van der Waals surface area contributed by atoms with Crippen LogP contribution in [0.3, 0.4) is 0 Å². The maximum atomic E-state index is 13.0. The molecule has 2 atom stereocenters. The second kappa shape index (κ2) is 9.64. The number of nitriles is 1. The fourth-order valence-corrected chi connectivity index (χ4v) is 3.39. The zero-order valence-electron chi connectivity index (χ0n) is 18.2. The Morgan fingerprint density at radius 1 is 1.42 bits per heavy atom. The fourth-order valence-electron chi connectivity index (χ4n) is 3.39. The molecule has 1 amide bonds. The van der Waals surface area contributed by atoms with Gasteiger partial charge in [-0.3, -0.25) is 9.63 Å². The number of rotatable bonds is 7. The number of carbonyl (C=O) groups is 1. The predicted octanol–water partition coefficient (Wildman–Crippen LogP) is 1.92. The minimum Gasteiger partial charge on any atom is -0.471 e. The van der Waals surface area contributed by atoms with Crippen LogP contribution in [0.25, 0.3) is 11.4 Å². The van der Waals surface area contributed by atoms with Gasteiger partial charge in [0.25, 0.3) is 5.91 Å². The average molecular weight is 449 g/mol. The van der Waals surface area contributed by atoms with E-state index in [1.807, 2.05) is 7.05 Å². The average Bonchev–Trinajstić information content (AvgIpc) is 3.48. The highest BCUT2D eigenvalue weighted by Gasteiger charge is 2.27. The van der Waals surface area contributed by atoms with E-state index in [2.05, 4.69) is 26.5 Å². The summed E-state index contributed by atoms with van der Waals surface area (Å²) in [4.78, 5) is 31.3. The number of ether oxygens (including phenoxy) is 2. The summed E-state index contributed by atoms with van der Waals surface area (Å²) in [7, 11) is 1.82. The van der Waals surface area contributed by atoms with E-state index in [4.69, 9.17) is 20.0 Å². The molecule has 0 bridgehead atoms. The highest BCUT2D eigenvalue weighted by atomic mass is 16.7. The van der Waals surface area contributed by atoms with Crippen LogP contribution in [0, 0.1) is 11.3 Å². The summed E-state index contributed by atoms with van der Waals surface area (Å²) in [5, 5.41) is 9.19. The number of aryl methyl sites for hydroxylation is 1. The third-order valence-corrected chi connectivity index (χ3v) is 5.15. The number of anilines is 1. The number of nitrogens with zero attached hydrogens (tertiary/aromatic N) is 5. The monoisotopic (exact) mass is 449 g/mol. The lowest BCUT2D eigenvalue weighted by atomic mass is 10.1. The van der Waals surface area contributed by atoms with Crippen LogP contribution in [0.5, 0.6) is 5.88 Å². The summed E-state index contributed by atoms with van der Waals surface area (Å²) in [5.74, 6) is -0.470. The third-order valence-electron chi connectivity index (χ3n) is 5.15. The molecule has 0 aliphatic carbocycles. The Labute approximate surface area is 190 Å². The van der Waals surface area contributed by atoms with Gasteiger partial charge in [-0.2, -0.15) is 10.2 Å². The highest BCUT2D eigenvalue weighted by molar-refractivity contribution is 6.00. The van der Waals surface area contributed by atoms with Gasteiger partial charge in [0.2, 0.25) is 5.88 Å². The van der Waals surface area contributed by atoms with Gasteiger partial charge in [0.05, 0.1) is 43.1 Å². The molecule has 0 unspecified atom stereocenters. The van der Waals surface area contributed by atoms with Crippen LogP contribution < -0.4 is 16.0 Å². The Balaban J connectivity index is 1.63. The maximum Gasteiger partial charge on any atom is 0.284 e. The van der Waals surface area contributed by atoms with Crippen LogP contribution in [0.1, 0.15) is 41.1 Å². The Morgan fingerprint density at radius 2 is 2.27 bits per heavy atom. The molecule has 4 rings (SSSR count). The molecular formula is C22H23N7O4. The predicted molar refractivity (Wildman–Crippen MR) is 117 cm³/mol.